The van der Waals surface area contributed by atoms with Crippen molar-refractivity contribution < 1.29 is 9.59 Å². The third-order valence-corrected chi connectivity index (χ3v) is 4.10. The first kappa shape index (κ1) is 18.0. The van der Waals surface area contributed by atoms with Crippen molar-refractivity contribution in [2.45, 2.75) is 27.3 Å². The topological polar surface area (TPSA) is 49.4 Å². The van der Waals surface area contributed by atoms with Crippen LogP contribution in [0.25, 0.3) is 0 Å². The molecule has 0 aliphatic carbocycles. The van der Waals surface area contributed by atoms with E-state index in [1.165, 1.54) is 11.8 Å². The molecular formula is C19H21ClN2O2. The Morgan fingerprint density at radius 1 is 1.08 bits per heavy atom. The van der Waals surface area contributed by atoms with Gasteiger partial charge in [-0.15, -0.1) is 0 Å². The molecule has 0 radical (unpaired) electrons. The maximum Gasteiger partial charge on any atom is 0.244 e. The third kappa shape index (κ3) is 4.83. The minimum absolute atomic E-state index is 0.00569. The van der Waals surface area contributed by atoms with Gasteiger partial charge in [0.1, 0.15) is 6.54 Å². The van der Waals surface area contributed by atoms with Crippen molar-refractivity contribution in [1.82, 2.24) is 4.90 Å². The Morgan fingerprint density at radius 2 is 1.79 bits per heavy atom. The number of benzene rings is 2. The standard InChI is InChI=1S/C19H21ClN2O2/c1-13-6-4-5-7-16(13)11-22(15(3)23)12-19(24)21-18-9-8-17(20)10-14(18)2/h4-10H,11-12H2,1-3H3,(H,21,24). The highest BCUT2D eigenvalue weighted by molar-refractivity contribution is 6.30. The van der Waals surface area contributed by atoms with E-state index in [0.29, 0.717) is 17.3 Å². The second kappa shape index (κ2) is 7.97. The quantitative estimate of drug-likeness (QED) is 0.893. The molecule has 2 aromatic rings. The molecule has 0 aromatic heterocycles. The van der Waals surface area contributed by atoms with Crippen molar-refractivity contribution in [2.24, 2.45) is 0 Å². The van der Waals surface area contributed by atoms with E-state index in [4.69, 9.17) is 11.6 Å². The Hall–Kier alpha value is -2.33. The van der Waals surface area contributed by atoms with Crippen LogP contribution in [0.2, 0.25) is 5.02 Å². The number of carbonyl (C=O) groups is 2. The number of hydrogen-bond acceptors (Lipinski definition) is 2. The number of hydrogen-bond donors (Lipinski definition) is 1. The molecule has 0 aliphatic rings. The first-order chi connectivity index (χ1) is 11.4. The molecule has 2 aromatic carbocycles. The van der Waals surface area contributed by atoms with Gasteiger partial charge < -0.3 is 10.2 Å². The second-order valence-electron chi connectivity index (χ2n) is 5.81. The lowest BCUT2D eigenvalue weighted by Crippen LogP contribution is -2.36. The Balaban J connectivity index is 2.06. The Bertz CT molecular complexity index is 759. The molecule has 0 bridgehead atoms. The fraction of sp³-hybridized carbons (Fsp3) is 0.263. The van der Waals surface area contributed by atoms with Gasteiger partial charge in [0.25, 0.3) is 0 Å². The predicted molar refractivity (Wildman–Crippen MR) is 97.1 cm³/mol. The van der Waals surface area contributed by atoms with Gasteiger partial charge >= 0.3 is 0 Å². The molecule has 0 fully saturated rings. The average molecular weight is 345 g/mol. The van der Waals surface area contributed by atoms with Gasteiger partial charge in [0.2, 0.25) is 11.8 Å². The van der Waals surface area contributed by atoms with E-state index in [1.807, 2.05) is 38.1 Å². The normalized spacial score (nSPS) is 10.3. The van der Waals surface area contributed by atoms with E-state index < -0.39 is 0 Å². The van der Waals surface area contributed by atoms with Crippen LogP contribution in [-0.2, 0) is 16.1 Å². The van der Waals surface area contributed by atoms with Gasteiger partial charge in [0.05, 0.1) is 0 Å². The largest absolute Gasteiger partial charge is 0.329 e. The molecule has 0 saturated carbocycles. The summed E-state index contributed by atoms with van der Waals surface area (Å²) >= 11 is 5.92. The lowest BCUT2D eigenvalue weighted by Gasteiger charge is -2.22. The van der Waals surface area contributed by atoms with Crippen LogP contribution < -0.4 is 5.32 Å². The zero-order chi connectivity index (χ0) is 17.7. The van der Waals surface area contributed by atoms with Gasteiger partial charge in [-0.3, -0.25) is 9.59 Å². The number of nitrogens with one attached hydrogen (secondary N) is 1. The molecule has 0 heterocycles. The summed E-state index contributed by atoms with van der Waals surface area (Å²) in [5, 5.41) is 3.45. The predicted octanol–water partition coefficient (Wildman–Crippen LogP) is 3.94. The van der Waals surface area contributed by atoms with Crippen LogP contribution in [0.1, 0.15) is 23.6 Å². The number of aryl methyl sites for hydroxylation is 2. The van der Waals surface area contributed by atoms with Crippen molar-refractivity contribution >= 4 is 29.1 Å². The highest BCUT2D eigenvalue weighted by Crippen LogP contribution is 2.19. The first-order valence-electron chi connectivity index (χ1n) is 7.73. The summed E-state index contributed by atoms with van der Waals surface area (Å²) in [6.07, 6.45) is 0. The first-order valence-corrected chi connectivity index (χ1v) is 8.10. The molecule has 1 N–H and O–H groups in total. The summed E-state index contributed by atoms with van der Waals surface area (Å²) in [6.45, 7) is 5.75. The lowest BCUT2D eigenvalue weighted by molar-refractivity contribution is -0.133. The zero-order valence-corrected chi connectivity index (χ0v) is 14.9. The molecule has 0 spiro atoms. The number of carbonyl (C=O) groups excluding carboxylic acids is 2. The Kier molecular flexibility index (Phi) is 5.99. The molecule has 0 aliphatic heterocycles. The van der Waals surface area contributed by atoms with Crippen LogP contribution in [0.3, 0.4) is 0 Å². The fourth-order valence-electron chi connectivity index (χ4n) is 2.40. The minimum atomic E-state index is -0.232. The summed E-state index contributed by atoms with van der Waals surface area (Å²) in [5.41, 5.74) is 3.70. The molecule has 2 amide bonds. The van der Waals surface area contributed by atoms with Crippen LogP contribution in [0, 0.1) is 13.8 Å². The number of rotatable bonds is 5. The number of nitrogens with zero attached hydrogens (tertiary/aromatic N) is 1. The maximum atomic E-state index is 12.3. The van der Waals surface area contributed by atoms with E-state index in [1.54, 1.807) is 18.2 Å². The maximum absolute atomic E-state index is 12.3. The minimum Gasteiger partial charge on any atom is -0.329 e. The average Bonchev–Trinajstić information content (AvgIpc) is 2.51. The molecular weight excluding hydrogens is 324 g/mol. The van der Waals surface area contributed by atoms with Crippen molar-refractivity contribution in [3.63, 3.8) is 0 Å². The van der Waals surface area contributed by atoms with Crippen LogP contribution in [0.4, 0.5) is 5.69 Å². The SMILES string of the molecule is CC(=O)N(CC(=O)Nc1ccc(Cl)cc1C)Cc1ccccc1C. The highest BCUT2D eigenvalue weighted by atomic mass is 35.5. The monoisotopic (exact) mass is 344 g/mol. The Morgan fingerprint density at radius 3 is 2.42 bits per heavy atom. The molecule has 2 rings (SSSR count). The van der Waals surface area contributed by atoms with E-state index in [9.17, 15) is 9.59 Å². The van der Waals surface area contributed by atoms with Gasteiger partial charge in [-0.05, 0) is 48.7 Å². The third-order valence-electron chi connectivity index (χ3n) is 3.86. The number of amides is 2. The summed E-state index contributed by atoms with van der Waals surface area (Å²) in [7, 11) is 0. The van der Waals surface area contributed by atoms with Crippen molar-refractivity contribution in [2.75, 3.05) is 11.9 Å². The molecule has 24 heavy (non-hydrogen) atoms. The van der Waals surface area contributed by atoms with Crippen molar-refractivity contribution in [3.05, 3.63) is 64.2 Å². The van der Waals surface area contributed by atoms with Gasteiger partial charge in [-0.2, -0.15) is 0 Å². The van der Waals surface area contributed by atoms with Crippen molar-refractivity contribution in [3.8, 4) is 0 Å². The van der Waals surface area contributed by atoms with Crippen LogP contribution in [-0.4, -0.2) is 23.3 Å². The molecule has 0 atom stereocenters. The van der Waals surface area contributed by atoms with Crippen LogP contribution >= 0.6 is 11.6 Å². The lowest BCUT2D eigenvalue weighted by atomic mass is 10.1. The van der Waals surface area contributed by atoms with Gasteiger partial charge in [0.15, 0.2) is 0 Å². The molecule has 5 heteroatoms. The summed E-state index contributed by atoms with van der Waals surface area (Å²) in [6, 6.07) is 13.1. The molecule has 0 saturated heterocycles. The van der Waals surface area contributed by atoms with E-state index >= 15 is 0 Å². The highest BCUT2D eigenvalue weighted by Gasteiger charge is 2.15. The molecule has 0 unspecified atom stereocenters. The fourth-order valence-corrected chi connectivity index (χ4v) is 2.63. The molecule has 126 valence electrons. The molecule has 4 nitrogen and oxygen atoms in total. The number of anilines is 1. The van der Waals surface area contributed by atoms with Crippen molar-refractivity contribution in [1.29, 1.82) is 0 Å². The zero-order valence-electron chi connectivity index (χ0n) is 14.1. The van der Waals surface area contributed by atoms with E-state index in [0.717, 1.165) is 16.7 Å². The summed E-state index contributed by atoms with van der Waals surface area (Å²) in [5.74, 6) is -0.370. The van der Waals surface area contributed by atoms with Gasteiger partial charge in [-0.25, -0.2) is 0 Å². The Labute approximate surface area is 147 Å². The van der Waals surface area contributed by atoms with Crippen LogP contribution in [0.15, 0.2) is 42.5 Å². The summed E-state index contributed by atoms with van der Waals surface area (Å²) in [4.78, 5) is 25.7. The van der Waals surface area contributed by atoms with Crippen LogP contribution in [0.5, 0.6) is 0 Å². The van der Waals surface area contributed by atoms with E-state index in [-0.39, 0.29) is 18.4 Å². The van der Waals surface area contributed by atoms with E-state index in [2.05, 4.69) is 5.32 Å². The second-order valence-corrected chi connectivity index (χ2v) is 6.25. The van der Waals surface area contributed by atoms with Gasteiger partial charge in [-0.1, -0.05) is 35.9 Å². The number of halogens is 1. The smallest absolute Gasteiger partial charge is 0.244 e. The summed E-state index contributed by atoms with van der Waals surface area (Å²) < 4.78 is 0. The van der Waals surface area contributed by atoms with Gasteiger partial charge in [0, 0.05) is 24.2 Å².